The summed E-state index contributed by atoms with van der Waals surface area (Å²) in [5.74, 6) is 0. The monoisotopic (exact) mass is 326 g/mol. The van der Waals surface area contributed by atoms with Gasteiger partial charge in [-0.05, 0) is 32.4 Å². The number of hydrogen-bond donors (Lipinski definition) is 2. The predicted octanol–water partition coefficient (Wildman–Crippen LogP) is 1.20. The SMILES string of the molecule is CC(C)n1cnc(S(=O)(=O)NCCC(O)c2cccn2C)c1. The Morgan fingerprint density at radius 3 is 2.68 bits per heavy atom. The molecule has 2 rings (SSSR count). The van der Waals surface area contributed by atoms with Crippen LogP contribution in [0, 0.1) is 0 Å². The number of aromatic nitrogens is 3. The fraction of sp³-hybridized carbons (Fsp3) is 0.500. The van der Waals surface area contributed by atoms with E-state index >= 15 is 0 Å². The standard InChI is InChI=1S/C14H22N4O3S/c1-11(2)18-9-14(15-10-18)22(20,21)16-7-6-13(19)12-5-4-8-17(12)3/h4-5,8-11,13,16,19H,6-7H2,1-3H3. The normalized spacial score (nSPS) is 13.7. The van der Waals surface area contributed by atoms with Gasteiger partial charge < -0.3 is 14.2 Å². The average molecular weight is 326 g/mol. The van der Waals surface area contributed by atoms with Crippen LogP contribution in [-0.2, 0) is 17.1 Å². The third kappa shape index (κ3) is 3.76. The third-order valence-electron chi connectivity index (χ3n) is 3.48. The highest BCUT2D eigenvalue weighted by Crippen LogP contribution is 2.16. The molecular formula is C14H22N4O3S. The van der Waals surface area contributed by atoms with Crippen molar-refractivity contribution in [3.8, 4) is 0 Å². The Kier molecular flexibility index (Phi) is 5.05. The topological polar surface area (TPSA) is 89.2 Å². The van der Waals surface area contributed by atoms with E-state index < -0.39 is 16.1 Å². The second-order valence-electron chi connectivity index (χ2n) is 5.50. The van der Waals surface area contributed by atoms with Crippen LogP contribution in [-0.4, -0.2) is 34.2 Å². The summed E-state index contributed by atoms with van der Waals surface area (Å²) in [5.41, 5.74) is 0.753. The van der Waals surface area contributed by atoms with Gasteiger partial charge in [0.2, 0.25) is 0 Å². The molecule has 1 unspecified atom stereocenters. The van der Waals surface area contributed by atoms with Crippen LogP contribution in [0.5, 0.6) is 0 Å². The van der Waals surface area contributed by atoms with Gasteiger partial charge in [0, 0.05) is 37.7 Å². The number of aliphatic hydroxyl groups is 1. The number of sulfonamides is 1. The zero-order valence-corrected chi connectivity index (χ0v) is 13.8. The summed E-state index contributed by atoms with van der Waals surface area (Å²) in [7, 11) is -1.81. The van der Waals surface area contributed by atoms with Crippen molar-refractivity contribution >= 4 is 10.0 Å². The minimum absolute atomic E-state index is 0.00504. The number of imidazole rings is 1. The zero-order valence-electron chi connectivity index (χ0n) is 13.0. The van der Waals surface area contributed by atoms with Crippen LogP contribution in [0.4, 0.5) is 0 Å². The first-order valence-electron chi connectivity index (χ1n) is 7.13. The first-order valence-corrected chi connectivity index (χ1v) is 8.62. The molecule has 0 aliphatic heterocycles. The number of nitrogens with one attached hydrogen (secondary N) is 1. The van der Waals surface area contributed by atoms with E-state index in [4.69, 9.17) is 0 Å². The molecule has 2 heterocycles. The average Bonchev–Trinajstić information content (AvgIpc) is 3.06. The van der Waals surface area contributed by atoms with Crippen molar-refractivity contribution < 1.29 is 13.5 Å². The summed E-state index contributed by atoms with van der Waals surface area (Å²) in [6.07, 6.45) is 4.41. The zero-order chi connectivity index (χ0) is 16.3. The second kappa shape index (κ2) is 6.64. The summed E-state index contributed by atoms with van der Waals surface area (Å²) >= 11 is 0. The molecule has 0 aliphatic rings. The highest BCUT2D eigenvalue weighted by atomic mass is 32.2. The minimum atomic E-state index is -3.65. The van der Waals surface area contributed by atoms with Gasteiger partial charge in [-0.25, -0.2) is 18.1 Å². The molecule has 0 fully saturated rings. The second-order valence-corrected chi connectivity index (χ2v) is 7.21. The molecule has 2 aromatic heterocycles. The van der Waals surface area contributed by atoms with Gasteiger partial charge >= 0.3 is 0 Å². The maximum Gasteiger partial charge on any atom is 0.259 e. The summed E-state index contributed by atoms with van der Waals surface area (Å²) in [6, 6.07) is 3.79. The van der Waals surface area contributed by atoms with Crippen molar-refractivity contribution in [1.29, 1.82) is 0 Å². The van der Waals surface area contributed by atoms with Crippen molar-refractivity contribution in [3.05, 3.63) is 36.5 Å². The van der Waals surface area contributed by atoms with E-state index in [1.165, 1.54) is 12.5 Å². The van der Waals surface area contributed by atoms with Crippen molar-refractivity contribution in [1.82, 2.24) is 18.8 Å². The minimum Gasteiger partial charge on any atom is -0.387 e. The molecule has 0 bridgehead atoms. The molecule has 7 nitrogen and oxygen atoms in total. The lowest BCUT2D eigenvalue weighted by molar-refractivity contribution is 0.161. The quantitative estimate of drug-likeness (QED) is 0.800. The number of nitrogens with zero attached hydrogens (tertiary/aromatic N) is 3. The molecule has 0 saturated heterocycles. The molecule has 1 atom stereocenters. The van der Waals surface area contributed by atoms with Crippen LogP contribution in [0.2, 0.25) is 0 Å². The van der Waals surface area contributed by atoms with Crippen molar-refractivity contribution in [2.45, 2.75) is 37.4 Å². The Morgan fingerprint density at radius 1 is 1.41 bits per heavy atom. The van der Waals surface area contributed by atoms with Gasteiger partial charge in [0.15, 0.2) is 5.03 Å². The van der Waals surface area contributed by atoms with E-state index in [0.717, 1.165) is 5.69 Å². The van der Waals surface area contributed by atoms with Crippen molar-refractivity contribution in [2.24, 2.45) is 7.05 Å². The fourth-order valence-electron chi connectivity index (χ4n) is 2.11. The maximum absolute atomic E-state index is 12.1. The Hall–Kier alpha value is -1.64. The van der Waals surface area contributed by atoms with Gasteiger partial charge in [-0.1, -0.05) is 0 Å². The van der Waals surface area contributed by atoms with E-state index in [9.17, 15) is 13.5 Å². The number of rotatable bonds is 7. The van der Waals surface area contributed by atoms with Crippen molar-refractivity contribution in [2.75, 3.05) is 6.54 Å². The molecule has 0 spiro atoms. The Bertz CT molecular complexity index is 718. The number of hydrogen-bond acceptors (Lipinski definition) is 4. The third-order valence-corrected chi connectivity index (χ3v) is 4.83. The highest BCUT2D eigenvalue weighted by Gasteiger charge is 2.19. The highest BCUT2D eigenvalue weighted by molar-refractivity contribution is 7.89. The first-order chi connectivity index (χ1) is 10.3. The van der Waals surface area contributed by atoms with E-state index in [0.29, 0.717) is 6.42 Å². The molecule has 0 aromatic carbocycles. The van der Waals surface area contributed by atoms with E-state index in [1.54, 1.807) is 4.57 Å². The largest absolute Gasteiger partial charge is 0.387 e. The molecule has 0 radical (unpaired) electrons. The van der Waals surface area contributed by atoms with Crippen LogP contribution in [0.25, 0.3) is 0 Å². The van der Waals surface area contributed by atoms with Gasteiger partial charge in [-0.15, -0.1) is 0 Å². The molecule has 8 heteroatoms. The van der Waals surface area contributed by atoms with Crippen LogP contribution in [0.15, 0.2) is 35.9 Å². The van der Waals surface area contributed by atoms with Crippen LogP contribution in [0.3, 0.4) is 0 Å². The lowest BCUT2D eigenvalue weighted by atomic mass is 10.2. The van der Waals surface area contributed by atoms with E-state index in [-0.39, 0.29) is 17.6 Å². The van der Waals surface area contributed by atoms with Crippen LogP contribution < -0.4 is 4.72 Å². The molecule has 122 valence electrons. The molecular weight excluding hydrogens is 304 g/mol. The van der Waals surface area contributed by atoms with Gasteiger partial charge in [-0.3, -0.25) is 0 Å². The van der Waals surface area contributed by atoms with E-state index in [1.807, 2.05) is 43.8 Å². The Morgan fingerprint density at radius 2 is 2.14 bits per heavy atom. The summed E-state index contributed by atoms with van der Waals surface area (Å²) in [6.45, 7) is 4.03. The summed E-state index contributed by atoms with van der Waals surface area (Å²) in [5, 5.41) is 10.1. The molecule has 0 amide bonds. The Labute approximate surface area is 130 Å². The molecule has 0 saturated carbocycles. The van der Waals surface area contributed by atoms with Crippen LogP contribution in [0.1, 0.15) is 38.1 Å². The van der Waals surface area contributed by atoms with Gasteiger partial charge in [0.25, 0.3) is 10.0 Å². The fourth-order valence-corrected chi connectivity index (χ4v) is 3.09. The van der Waals surface area contributed by atoms with Gasteiger partial charge in [-0.2, -0.15) is 0 Å². The number of aliphatic hydroxyl groups excluding tert-OH is 1. The summed E-state index contributed by atoms with van der Waals surface area (Å²) in [4.78, 5) is 3.92. The lowest BCUT2D eigenvalue weighted by Gasteiger charge is -2.12. The maximum atomic E-state index is 12.1. The lowest BCUT2D eigenvalue weighted by Crippen LogP contribution is -2.26. The van der Waals surface area contributed by atoms with Crippen molar-refractivity contribution in [3.63, 3.8) is 0 Å². The predicted molar refractivity (Wildman–Crippen MR) is 82.8 cm³/mol. The molecule has 2 N–H and O–H groups in total. The smallest absolute Gasteiger partial charge is 0.259 e. The van der Waals surface area contributed by atoms with E-state index in [2.05, 4.69) is 9.71 Å². The summed E-state index contributed by atoms with van der Waals surface area (Å²) < 4.78 is 30.3. The van der Waals surface area contributed by atoms with Gasteiger partial charge in [0.1, 0.15) is 0 Å². The molecule has 2 aromatic rings. The molecule has 0 aliphatic carbocycles. The van der Waals surface area contributed by atoms with Gasteiger partial charge in [0.05, 0.1) is 12.4 Å². The molecule has 22 heavy (non-hydrogen) atoms. The number of aryl methyl sites for hydroxylation is 1. The Balaban J connectivity index is 1.94. The van der Waals surface area contributed by atoms with Crippen LogP contribution >= 0.6 is 0 Å². The first kappa shape index (κ1) is 16.7.